The van der Waals surface area contributed by atoms with Gasteiger partial charge >= 0.3 is 0 Å². The van der Waals surface area contributed by atoms with Gasteiger partial charge in [-0.2, -0.15) is 10.4 Å². The van der Waals surface area contributed by atoms with Gasteiger partial charge < -0.3 is 4.90 Å². The van der Waals surface area contributed by atoms with Gasteiger partial charge in [0.25, 0.3) is 5.69 Å². The van der Waals surface area contributed by atoms with Gasteiger partial charge in [-0.3, -0.25) is 15.2 Å². The van der Waals surface area contributed by atoms with Crippen molar-refractivity contribution < 1.29 is 4.92 Å². The minimum absolute atomic E-state index is 0.177. The van der Waals surface area contributed by atoms with Crippen molar-refractivity contribution in [2.24, 2.45) is 0 Å². The van der Waals surface area contributed by atoms with Crippen LogP contribution in [0.15, 0.2) is 18.5 Å². The molecule has 2 aromatic heterocycles. The van der Waals surface area contributed by atoms with Crippen LogP contribution >= 0.6 is 0 Å². The Labute approximate surface area is 120 Å². The van der Waals surface area contributed by atoms with Crippen molar-refractivity contribution in [3.8, 4) is 6.07 Å². The highest BCUT2D eigenvalue weighted by atomic mass is 16.6. The number of H-pyrrole nitrogens is 1. The predicted octanol–water partition coefficient (Wildman–Crippen LogP) is 1.71. The van der Waals surface area contributed by atoms with Crippen LogP contribution in [-0.4, -0.2) is 26.6 Å². The van der Waals surface area contributed by atoms with Gasteiger partial charge in [-0.05, 0) is 0 Å². The summed E-state index contributed by atoms with van der Waals surface area (Å²) < 4.78 is 0. The number of aromatic nitrogens is 3. The molecular formula is C13H12N6O2. The number of fused-ring (bicyclic) bond motifs is 1. The van der Waals surface area contributed by atoms with Crippen molar-refractivity contribution in [2.75, 3.05) is 11.4 Å². The van der Waals surface area contributed by atoms with Crippen molar-refractivity contribution in [3.63, 3.8) is 0 Å². The van der Waals surface area contributed by atoms with E-state index in [1.165, 1.54) is 12.3 Å². The molecule has 0 fully saturated rings. The molecule has 8 nitrogen and oxygen atoms in total. The molecule has 0 saturated heterocycles. The first kappa shape index (κ1) is 13.1. The largest absolute Gasteiger partial charge is 0.350 e. The summed E-state index contributed by atoms with van der Waals surface area (Å²) in [7, 11) is 0. The number of pyridine rings is 1. The summed E-state index contributed by atoms with van der Waals surface area (Å²) >= 11 is 0. The fourth-order valence-electron chi connectivity index (χ4n) is 2.61. The van der Waals surface area contributed by atoms with E-state index in [4.69, 9.17) is 0 Å². The van der Waals surface area contributed by atoms with E-state index >= 15 is 0 Å². The van der Waals surface area contributed by atoms with Crippen LogP contribution in [0, 0.1) is 21.4 Å². The summed E-state index contributed by atoms with van der Waals surface area (Å²) in [6.07, 6.45) is 2.95. The number of nitro groups is 1. The van der Waals surface area contributed by atoms with Crippen LogP contribution in [0.25, 0.3) is 0 Å². The molecule has 0 aliphatic carbocycles. The average Bonchev–Trinajstić information content (AvgIpc) is 2.95. The molecule has 106 valence electrons. The monoisotopic (exact) mass is 284 g/mol. The van der Waals surface area contributed by atoms with Gasteiger partial charge in [0.2, 0.25) is 0 Å². The summed E-state index contributed by atoms with van der Waals surface area (Å²) in [5, 5.41) is 27.0. The van der Waals surface area contributed by atoms with Crippen LogP contribution in [0.5, 0.6) is 0 Å². The lowest BCUT2D eigenvalue weighted by atomic mass is 9.98. The number of nitrogens with one attached hydrogen (secondary N) is 1. The molecule has 1 atom stereocenters. The van der Waals surface area contributed by atoms with Crippen LogP contribution in [-0.2, 0) is 6.54 Å². The first-order valence-electron chi connectivity index (χ1n) is 6.41. The van der Waals surface area contributed by atoms with E-state index in [1.54, 1.807) is 6.20 Å². The van der Waals surface area contributed by atoms with Gasteiger partial charge in [0.05, 0.1) is 11.1 Å². The number of nitrogens with zero attached hydrogens (tertiary/aromatic N) is 5. The van der Waals surface area contributed by atoms with Crippen LogP contribution in [0.1, 0.15) is 29.7 Å². The second-order valence-corrected chi connectivity index (χ2v) is 5.02. The second kappa shape index (κ2) is 4.86. The molecule has 3 rings (SSSR count). The highest BCUT2D eigenvalue weighted by Gasteiger charge is 2.27. The number of hydrogen-bond donors (Lipinski definition) is 1. The molecule has 0 amide bonds. The van der Waals surface area contributed by atoms with Gasteiger partial charge in [-0.15, -0.1) is 0 Å². The SMILES string of the molecule is C[C@H]1CN(c2ncc([N+](=O)[O-])cc2C#N)Cc2cn[nH]c21. The van der Waals surface area contributed by atoms with E-state index in [0.717, 1.165) is 11.3 Å². The minimum Gasteiger partial charge on any atom is -0.350 e. The topological polar surface area (TPSA) is 112 Å². The maximum atomic E-state index is 10.8. The average molecular weight is 284 g/mol. The fraction of sp³-hybridized carbons (Fsp3) is 0.308. The molecular weight excluding hydrogens is 272 g/mol. The summed E-state index contributed by atoms with van der Waals surface area (Å²) in [5.41, 5.74) is 2.18. The van der Waals surface area contributed by atoms with Gasteiger partial charge in [0, 0.05) is 36.3 Å². The molecule has 0 spiro atoms. The molecule has 0 radical (unpaired) electrons. The van der Waals surface area contributed by atoms with E-state index < -0.39 is 4.92 Å². The lowest BCUT2D eigenvalue weighted by Crippen LogP contribution is -2.33. The molecule has 1 N–H and O–H groups in total. The quantitative estimate of drug-likeness (QED) is 0.663. The molecule has 21 heavy (non-hydrogen) atoms. The Morgan fingerprint density at radius 2 is 2.38 bits per heavy atom. The van der Waals surface area contributed by atoms with Gasteiger partial charge in [-0.25, -0.2) is 4.98 Å². The molecule has 0 bridgehead atoms. The highest BCUT2D eigenvalue weighted by Crippen LogP contribution is 2.31. The lowest BCUT2D eigenvalue weighted by molar-refractivity contribution is -0.385. The number of hydrogen-bond acceptors (Lipinski definition) is 6. The molecule has 8 heteroatoms. The molecule has 3 heterocycles. The van der Waals surface area contributed by atoms with Crippen molar-refractivity contribution in [1.82, 2.24) is 15.2 Å². The van der Waals surface area contributed by atoms with Gasteiger partial charge in [0.1, 0.15) is 23.6 Å². The van der Waals surface area contributed by atoms with E-state index in [9.17, 15) is 15.4 Å². The first-order chi connectivity index (χ1) is 10.1. The highest BCUT2D eigenvalue weighted by molar-refractivity contribution is 5.58. The van der Waals surface area contributed by atoms with Crippen molar-refractivity contribution in [3.05, 3.63) is 45.4 Å². The number of rotatable bonds is 2. The Morgan fingerprint density at radius 3 is 3.10 bits per heavy atom. The summed E-state index contributed by atoms with van der Waals surface area (Å²) in [6, 6.07) is 3.25. The Bertz CT molecular complexity index is 747. The fourth-order valence-corrected chi connectivity index (χ4v) is 2.61. The van der Waals surface area contributed by atoms with E-state index in [-0.39, 0.29) is 17.2 Å². The standard InChI is InChI=1S/C13H12N6O2/c1-8-6-18(7-10-4-16-17-12(8)10)13-9(3-14)2-11(5-15-13)19(20)21/h2,4-5,8H,6-7H2,1H3,(H,16,17)/t8-/m0/s1. The summed E-state index contributed by atoms with van der Waals surface area (Å²) in [4.78, 5) is 16.3. The number of anilines is 1. The Balaban J connectivity index is 1.99. The summed E-state index contributed by atoms with van der Waals surface area (Å²) in [6.45, 7) is 3.31. The van der Waals surface area contributed by atoms with Gasteiger partial charge in [-0.1, -0.05) is 6.92 Å². The third kappa shape index (κ3) is 2.18. The molecule has 0 aromatic carbocycles. The van der Waals surface area contributed by atoms with Crippen molar-refractivity contribution in [2.45, 2.75) is 19.4 Å². The number of aromatic amines is 1. The minimum atomic E-state index is -0.551. The third-order valence-corrected chi connectivity index (χ3v) is 3.58. The Kier molecular flexibility index (Phi) is 3.02. The normalized spacial score (nSPS) is 17.1. The Hall–Kier alpha value is -2.95. The maximum Gasteiger partial charge on any atom is 0.289 e. The molecule has 1 aliphatic rings. The van der Waals surface area contributed by atoms with Crippen LogP contribution < -0.4 is 4.90 Å². The van der Waals surface area contributed by atoms with E-state index in [2.05, 4.69) is 22.1 Å². The zero-order valence-corrected chi connectivity index (χ0v) is 11.3. The maximum absolute atomic E-state index is 10.8. The van der Waals surface area contributed by atoms with Crippen LogP contribution in [0.4, 0.5) is 11.5 Å². The second-order valence-electron chi connectivity index (χ2n) is 5.02. The molecule has 0 unspecified atom stereocenters. The third-order valence-electron chi connectivity index (χ3n) is 3.58. The van der Waals surface area contributed by atoms with Crippen molar-refractivity contribution in [1.29, 1.82) is 5.26 Å². The molecule has 0 saturated carbocycles. The van der Waals surface area contributed by atoms with Crippen LogP contribution in [0.2, 0.25) is 0 Å². The number of nitriles is 1. The summed E-state index contributed by atoms with van der Waals surface area (Å²) in [5.74, 6) is 0.696. The molecule has 2 aromatic rings. The van der Waals surface area contributed by atoms with Crippen LogP contribution in [0.3, 0.4) is 0 Å². The first-order valence-corrected chi connectivity index (χ1v) is 6.41. The Morgan fingerprint density at radius 1 is 1.57 bits per heavy atom. The zero-order valence-electron chi connectivity index (χ0n) is 11.3. The van der Waals surface area contributed by atoms with E-state index in [0.29, 0.717) is 18.9 Å². The van der Waals surface area contributed by atoms with Gasteiger partial charge in [0.15, 0.2) is 0 Å². The smallest absolute Gasteiger partial charge is 0.289 e. The lowest BCUT2D eigenvalue weighted by Gasteiger charge is -2.31. The predicted molar refractivity (Wildman–Crippen MR) is 73.7 cm³/mol. The zero-order chi connectivity index (χ0) is 15.0. The van der Waals surface area contributed by atoms with E-state index in [1.807, 2.05) is 11.0 Å². The molecule has 1 aliphatic heterocycles. The van der Waals surface area contributed by atoms with Crippen molar-refractivity contribution >= 4 is 11.5 Å².